The molecule has 2 aromatic rings. The average molecular weight is 261 g/mol. The molecular weight excluding hydrogens is 246 g/mol. The maximum atomic E-state index is 11.0. The van der Waals surface area contributed by atoms with Gasteiger partial charge < -0.3 is 9.84 Å². The van der Waals surface area contributed by atoms with E-state index in [1.165, 1.54) is 4.68 Å². The van der Waals surface area contributed by atoms with Crippen molar-refractivity contribution in [2.75, 3.05) is 0 Å². The number of carbonyl (C=O) groups is 1. The molecule has 6 nitrogen and oxygen atoms in total. The SMILES string of the molecule is Cc1cccc(OCc2c(C(=O)O)nnn2C)c1C. The third kappa shape index (κ3) is 2.57. The topological polar surface area (TPSA) is 77.2 Å². The van der Waals surface area contributed by atoms with Crippen LogP contribution in [-0.2, 0) is 13.7 Å². The van der Waals surface area contributed by atoms with E-state index >= 15 is 0 Å². The van der Waals surface area contributed by atoms with Crippen LogP contribution in [0.25, 0.3) is 0 Å². The second-order valence-corrected chi connectivity index (χ2v) is 4.30. The second-order valence-electron chi connectivity index (χ2n) is 4.30. The molecule has 0 amide bonds. The van der Waals surface area contributed by atoms with Crippen molar-refractivity contribution in [3.8, 4) is 5.75 Å². The van der Waals surface area contributed by atoms with Crippen LogP contribution < -0.4 is 4.74 Å². The van der Waals surface area contributed by atoms with Crippen molar-refractivity contribution >= 4 is 5.97 Å². The van der Waals surface area contributed by atoms with Crippen molar-refractivity contribution in [1.29, 1.82) is 0 Å². The zero-order valence-corrected chi connectivity index (χ0v) is 11.0. The first-order valence-electron chi connectivity index (χ1n) is 5.81. The van der Waals surface area contributed by atoms with Crippen molar-refractivity contribution in [1.82, 2.24) is 15.0 Å². The van der Waals surface area contributed by atoms with Crippen LogP contribution in [0.3, 0.4) is 0 Å². The summed E-state index contributed by atoms with van der Waals surface area (Å²) in [5.74, 6) is -0.370. The quantitative estimate of drug-likeness (QED) is 0.906. The number of hydrogen-bond acceptors (Lipinski definition) is 4. The van der Waals surface area contributed by atoms with Crippen LogP contribution >= 0.6 is 0 Å². The first-order valence-corrected chi connectivity index (χ1v) is 5.81. The van der Waals surface area contributed by atoms with Crippen LogP contribution in [0.15, 0.2) is 18.2 Å². The lowest BCUT2D eigenvalue weighted by atomic mass is 10.1. The molecule has 0 spiro atoms. The molecule has 0 atom stereocenters. The lowest BCUT2D eigenvalue weighted by molar-refractivity contribution is 0.0687. The molecule has 1 N–H and O–H groups in total. The summed E-state index contributed by atoms with van der Waals surface area (Å²) in [4.78, 5) is 11.0. The molecule has 0 aliphatic heterocycles. The Morgan fingerprint density at radius 3 is 2.84 bits per heavy atom. The van der Waals surface area contributed by atoms with E-state index in [-0.39, 0.29) is 12.3 Å². The summed E-state index contributed by atoms with van der Waals surface area (Å²) >= 11 is 0. The fourth-order valence-corrected chi connectivity index (χ4v) is 1.73. The van der Waals surface area contributed by atoms with Gasteiger partial charge in [-0.3, -0.25) is 0 Å². The van der Waals surface area contributed by atoms with Crippen molar-refractivity contribution in [2.24, 2.45) is 7.05 Å². The Morgan fingerprint density at radius 2 is 2.16 bits per heavy atom. The number of aromatic nitrogens is 3. The third-order valence-corrected chi connectivity index (χ3v) is 3.06. The molecule has 1 aromatic heterocycles. The molecular formula is C13H15N3O3. The number of aromatic carboxylic acids is 1. The molecule has 19 heavy (non-hydrogen) atoms. The maximum Gasteiger partial charge on any atom is 0.358 e. The summed E-state index contributed by atoms with van der Waals surface area (Å²) in [7, 11) is 1.64. The monoisotopic (exact) mass is 261 g/mol. The number of ether oxygens (including phenoxy) is 1. The molecule has 6 heteroatoms. The van der Waals surface area contributed by atoms with Gasteiger partial charge in [0.05, 0.1) is 0 Å². The largest absolute Gasteiger partial charge is 0.487 e. The number of carboxylic acids is 1. The van der Waals surface area contributed by atoms with E-state index < -0.39 is 5.97 Å². The van der Waals surface area contributed by atoms with Crippen LogP contribution in [-0.4, -0.2) is 26.1 Å². The Hall–Kier alpha value is -2.37. The van der Waals surface area contributed by atoms with Crippen molar-refractivity contribution < 1.29 is 14.6 Å². The van der Waals surface area contributed by atoms with Crippen LogP contribution in [0.4, 0.5) is 0 Å². The van der Waals surface area contributed by atoms with E-state index in [4.69, 9.17) is 9.84 Å². The minimum Gasteiger partial charge on any atom is -0.487 e. The third-order valence-electron chi connectivity index (χ3n) is 3.06. The zero-order valence-electron chi connectivity index (χ0n) is 11.0. The van der Waals surface area contributed by atoms with Gasteiger partial charge in [-0.15, -0.1) is 5.10 Å². The Labute approximate surface area is 110 Å². The summed E-state index contributed by atoms with van der Waals surface area (Å²) in [6, 6.07) is 5.75. The zero-order chi connectivity index (χ0) is 14.0. The van der Waals surface area contributed by atoms with E-state index in [1.807, 2.05) is 32.0 Å². The predicted molar refractivity (Wildman–Crippen MR) is 68.2 cm³/mol. The van der Waals surface area contributed by atoms with E-state index in [1.54, 1.807) is 7.05 Å². The van der Waals surface area contributed by atoms with Crippen LogP contribution in [0.1, 0.15) is 27.3 Å². The molecule has 0 aliphatic carbocycles. The first kappa shape index (κ1) is 13.1. The van der Waals surface area contributed by atoms with Crippen LogP contribution in [0.2, 0.25) is 0 Å². The normalized spacial score (nSPS) is 10.5. The van der Waals surface area contributed by atoms with Gasteiger partial charge in [-0.1, -0.05) is 17.3 Å². The molecule has 0 saturated heterocycles. The van der Waals surface area contributed by atoms with Crippen LogP contribution in [0, 0.1) is 13.8 Å². The lowest BCUT2D eigenvalue weighted by Gasteiger charge is -2.10. The summed E-state index contributed by atoms with van der Waals surface area (Å²) in [5, 5.41) is 16.3. The molecule has 0 saturated carbocycles. The molecule has 1 heterocycles. The fourth-order valence-electron chi connectivity index (χ4n) is 1.73. The minimum atomic E-state index is -1.10. The highest BCUT2D eigenvalue weighted by Crippen LogP contribution is 2.21. The van der Waals surface area contributed by atoms with Gasteiger partial charge in [0.1, 0.15) is 18.1 Å². The first-order chi connectivity index (χ1) is 9.00. The van der Waals surface area contributed by atoms with Gasteiger partial charge in [0.25, 0.3) is 0 Å². The second kappa shape index (κ2) is 5.09. The van der Waals surface area contributed by atoms with E-state index in [0.29, 0.717) is 5.69 Å². The molecule has 100 valence electrons. The highest BCUT2D eigenvalue weighted by Gasteiger charge is 2.18. The number of rotatable bonds is 4. The molecule has 0 fully saturated rings. The smallest absolute Gasteiger partial charge is 0.358 e. The maximum absolute atomic E-state index is 11.0. The molecule has 2 rings (SSSR count). The average Bonchev–Trinajstić information content (AvgIpc) is 2.73. The Balaban J connectivity index is 2.21. The molecule has 0 bridgehead atoms. The van der Waals surface area contributed by atoms with E-state index in [9.17, 15) is 4.79 Å². The summed E-state index contributed by atoms with van der Waals surface area (Å²) in [5.41, 5.74) is 2.52. The van der Waals surface area contributed by atoms with Gasteiger partial charge in [-0.05, 0) is 31.0 Å². The Morgan fingerprint density at radius 1 is 1.42 bits per heavy atom. The highest BCUT2D eigenvalue weighted by atomic mass is 16.5. The molecule has 0 unspecified atom stereocenters. The number of aryl methyl sites for hydroxylation is 2. The van der Waals surface area contributed by atoms with E-state index in [0.717, 1.165) is 16.9 Å². The molecule has 0 radical (unpaired) electrons. The summed E-state index contributed by atoms with van der Waals surface area (Å²) in [6.07, 6.45) is 0. The van der Waals surface area contributed by atoms with Crippen molar-refractivity contribution in [2.45, 2.75) is 20.5 Å². The Bertz CT molecular complexity index is 620. The van der Waals surface area contributed by atoms with Gasteiger partial charge in [-0.2, -0.15) is 0 Å². The number of nitrogens with zero attached hydrogens (tertiary/aromatic N) is 3. The number of hydrogen-bond donors (Lipinski definition) is 1. The molecule has 1 aromatic carbocycles. The van der Waals surface area contributed by atoms with Gasteiger partial charge in [-0.25, -0.2) is 9.48 Å². The van der Waals surface area contributed by atoms with Crippen molar-refractivity contribution in [3.05, 3.63) is 40.7 Å². The lowest BCUT2D eigenvalue weighted by Crippen LogP contribution is -2.09. The van der Waals surface area contributed by atoms with Gasteiger partial charge in [0.2, 0.25) is 0 Å². The number of carboxylic acid groups (broad SMARTS) is 1. The Kier molecular flexibility index (Phi) is 3.50. The van der Waals surface area contributed by atoms with Gasteiger partial charge in [0.15, 0.2) is 5.69 Å². The number of benzene rings is 1. The van der Waals surface area contributed by atoms with Gasteiger partial charge >= 0.3 is 5.97 Å². The van der Waals surface area contributed by atoms with Gasteiger partial charge in [0, 0.05) is 7.05 Å². The minimum absolute atomic E-state index is 0.0761. The summed E-state index contributed by atoms with van der Waals surface area (Å²) in [6.45, 7) is 4.08. The van der Waals surface area contributed by atoms with Crippen molar-refractivity contribution in [3.63, 3.8) is 0 Å². The molecule has 0 aliphatic rings. The standard InChI is InChI=1S/C13H15N3O3/c1-8-5-4-6-11(9(8)2)19-7-10-12(13(17)18)14-15-16(10)3/h4-6H,7H2,1-3H3,(H,17,18). The predicted octanol–water partition coefficient (Wildman–Crippen LogP) is 1.71. The highest BCUT2D eigenvalue weighted by molar-refractivity contribution is 5.86. The van der Waals surface area contributed by atoms with E-state index in [2.05, 4.69) is 10.3 Å². The fraction of sp³-hybridized carbons (Fsp3) is 0.308. The summed E-state index contributed by atoms with van der Waals surface area (Å²) < 4.78 is 7.08. The van der Waals surface area contributed by atoms with Crippen LogP contribution in [0.5, 0.6) is 5.75 Å².